The summed E-state index contributed by atoms with van der Waals surface area (Å²) < 4.78 is 8.50. The van der Waals surface area contributed by atoms with Crippen LogP contribution >= 0.6 is 0 Å². The molecule has 1 aromatic carbocycles. The van der Waals surface area contributed by atoms with Crippen molar-refractivity contribution in [2.24, 2.45) is 7.05 Å². The van der Waals surface area contributed by atoms with Crippen LogP contribution in [0.15, 0.2) is 59.7 Å². The number of hydrogen-bond acceptors (Lipinski definition) is 6. The van der Waals surface area contributed by atoms with Crippen LogP contribution in [0.1, 0.15) is 23.2 Å². The number of pyridine rings is 1. The molecule has 0 N–H and O–H groups in total. The van der Waals surface area contributed by atoms with Gasteiger partial charge in [-0.1, -0.05) is 0 Å². The molecule has 0 spiro atoms. The van der Waals surface area contributed by atoms with Crippen molar-refractivity contribution in [3.8, 4) is 17.1 Å². The van der Waals surface area contributed by atoms with Gasteiger partial charge in [0.05, 0.1) is 36.3 Å². The average Bonchev–Trinajstić information content (AvgIpc) is 3.43. The van der Waals surface area contributed by atoms with Crippen LogP contribution in [0.25, 0.3) is 22.2 Å². The number of aryl methyl sites for hydroxylation is 1. The predicted octanol–water partition coefficient (Wildman–Crippen LogP) is 2.51. The van der Waals surface area contributed by atoms with Crippen LogP contribution in [0.4, 0.5) is 0 Å². The Hall–Kier alpha value is -4.01. The second-order valence-corrected chi connectivity index (χ2v) is 8.14. The van der Waals surface area contributed by atoms with Crippen LogP contribution in [0.3, 0.4) is 0 Å². The summed E-state index contributed by atoms with van der Waals surface area (Å²) in [5.74, 6) is 0.586. The Morgan fingerprint density at radius 2 is 2.06 bits per heavy atom. The molecular formula is C24H24N6O3. The lowest BCUT2D eigenvalue weighted by Gasteiger charge is -2.25. The van der Waals surface area contributed by atoms with E-state index < -0.39 is 0 Å². The number of likely N-dealkylation sites (tertiary alicyclic amines) is 1. The Labute approximate surface area is 190 Å². The molecule has 0 bridgehead atoms. The van der Waals surface area contributed by atoms with Gasteiger partial charge in [0, 0.05) is 43.2 Å². The van der Waals surface area contributed by atoms with E-state index >= 15 is 0 Å². The molecule has 0 aliphatic carbocycles. The average molecular weight is 444 g/mol. The van der Waals surface area contributed by atoms with E-state index in [1.807, 2.05) is 23.1 Å². The maximum absolute atomic E-state index is 13.4. The zero-order valence-corrected chi connectivity index (χ0v) is 18.5. The summed E-state index contributed by atoms with van der Waals surface area (Å²) in [5.41, 5.74) is 2.60. The molecule has 9 heteroatoms. The highest BCUT2D eigenvalue weighted by Crippen LogP contribution is 2.27. The second kappa shape index (κ2) is 8.50. The predicted molar refractivity (Wildman–Crippen MR) is 123 cm³/mol. The lowest BCUT2D eigenvalue weighted by Crippen LogP contribution is -2.40. The maximum Gasteiger partial charge on any atom is 0.266 e. The summed E-state index contributed by atoms with van der Waals surface area (Å²) in [6, 6.07) is 12.3. The minimum absolute atomic E-state index is 0.0690. The van der Waals surface area contributed by atoms with Crippen LogP contribution in [0.5, 0.6) is 5.88 Å². The number of amides is 1. The lowest BCUT2D eigenvalue weighted by atomic mass is 10.1. The minimum Gasteiger partial charge on any atom is -0.481 e. The summed E-state index contributed by atoms with van der Waals surface area (Å²) in [6.07, 6.45) is 5.11. The van der Waals surface area contributed by atoms with Crippen molar-refractivity contribution in [1.82, 2.24) is 29.4 Å². The van der Waals surface area contributed by atoms with E-state index in [4.69, 9.17) is 4.74 Å². The number of carbonyl (C=O) groups excluding carboxylic acids is 1. The third-order valence-corrected chi connectivity index (χ3v) is 6.07. The van der Waals surface area contributed by atoms with E-state index in [9.17, 15) is 9.59 Å². The number of aromatic nitrogens is 5. The Balaban J connectivity index is 1.40. The molecule has 0 saturated carbocycles. The Morgan fingerprint density at radius 1 is 1.18 bits per heavy atom. The number of benzene rings is 1. The molecule has 1 unspecified atom stereocenters. The Morgan fingerprint density at radius 3 is 2.85 bits per heavy atom. The van der Waals surface area contributed by atoms with Crippen molar-refractivity contribution in [1.29, 1.82) is 0 Å². The van der Waals surface area contributed by atoms with Crippen molar-refractivity contribution < 1.29 is 9.53 Å². The Bertz CT molecular complexity index is 1380. The number of nitrogens with zero attached hydrogens (tertiary/aromatic N) is 6. The van der Waals surface area contributed by atoms with Gasteiger partial charge in [-0.25, -0.2) is 9.36 Å². The van der Waals surface area contributed by atoms with Crippen molar-refractivity contribution in [2.75, 3.05) is 13.7 Å². The van der Waals surface area contributed by atoms with Gasteiger partial charge in [-0.15, -0.1) is 0 Å². The fourth-order valence-corrected chi connectivity index (χ4v) is 4.46. The molecule has 4 aromatic rings. The summed E-state index contributed by atoms with van der Waals surface area (Å²) in [4.78, 5) is 31.8. The van der Waals surface area contributed by atoms with Crippen LogP contribution in [-0.2, 0) is 13.6 Å². The molecule has 5 rings (SSSR count). The molecule has 1 atom stereocenters. The molecule has 1 fully saturated rings. The zero-order chi connectivity index (χ0) is 22.9. The van der Waals surface area contributed by atoms with Crippen molar-refractivity contribution in [2.45, 2.75) is 25.4 Å². The molecule has 1 saturated heterocycles. The van der Waals surface area contributed by atoms with Crippen LogP contribution < -0.4 is 10.3 Å². The largest absolute Gasteiger partial charge is 0.481 e. The van der Waals surface area contributed by atoms with Gasteiger partial charge in [-0.3, -0.25) is 14.6 Å². The number of methoxy groups -OCH3 is 1. The van der Waals surface area contributed by atoms with Gasteiger partial charge in [0.15, 0.2) is 0 Å². The first-order chi connectivity index (χ1) is 16.0. The standard InChI is InChI=1S/C24H24N6O3/c1-28-24(33-2)19-8-7-16(13-21(19)26-28)23(32)29-12-4-6-18(29)15-30-22(31)10-9-20(27-30)17-5-3-11-25-14-17/h3,5,7-11,13-14,18H,4,6,12,15H2,1-2H3. The number of hydrogen-bond donors (Lipinski definition) is 0. The molecule has 168 valence electrons. The summed E-state index contributed by atoms with van der Waals surface area (Å²) in [6.45, 7) is 0.989. The van der Waals surface area contributed by atoms with Gasteiger partial charge in [0.25, 0.3) is 11.5 Å². The monoisotopic (exact) mass is 444 g/mol. The first-order valence-corrected chi connectivity index (χ1v) is 10.9. The van der Waals surface area contributed by atoms with Crippen LogP contribution in [0.2, 0.25) is 0 Å². The molecule has 9 nitrogen and oxygen atoms in total. The highest BCUT2D eigenvalue weighted by atomic mass is 16.5. The molecule has 33 heavy (non-hydrogen) atoms. The number of rotatable bonds is 5. The van der Waals surface area contributed by atoms with E-state index in [1.165, 1.54) is 10.7 Å². The van der Waals surface area contributed by atoms with Crippen molar-refractivity contribution in [3.05, 3.63) is 70.8 Å². The molecule has 4 heterocycles. The topological polar surface area (TPSA) is 95.1 Å². The van der Waals surface area contributed by atoms with Gasteiger partial charge in [0.2, 0.25) is 5.88 Å². The summed E-state index contributed by atoms with van der Waals surface area (Å²) in [7, 11) is 3.41. The van der Waals surface area contributed by atoms with Gasteiger partial charge < -0.3 is 9.64 Å². The Kier molecular flexibility index (Phi) is 5.37. The quantitative estimate of drug-likeness (QED) is 0.469. The SMILES string of the molecule is COc1c2ccc(C(=O)N3CCCC3Cn3nc(-c4cccnc4)ccc3=O)cc2nn1C. The fourth-order valence-electron chi connectivity index (χ4n) is 4.46. The molecule has 1 aliphatic heterocycles. The molecule has 1 amide bonds. The van der Waals surface area contributed by atoms with Gasteiger partial charge in [-0.05, 0) is 49.2 Å². The van der Waals surface area contributed by atoms with E-state index in [-0.39, 0.29) is 17.5 Å². The maximum atomic E-state index is 13.4. The summed E-state index contributed by atoms with van der Waals surface area (Å²) >= 11 is 0. The normalized spacial score (nSPS) is 15.8. The molecule has 3 aromatic heterocycles. The first-order valence-electron chi connectivity index (χ1n) is 10.9. The van der Waals surface area contributed by atoms with Crippen molar-refractivity contribution >= 4 is 16.8 Å². The van der Waals surface area contributed by atoms with Crippen LogP contribution in [-0.4, -0.2) is 55.0 Å². The van der Waals surface area contributed by atoms with Crippen molar-refractivity contribution in [3.63, 3.8) is 0 Å². The minimum atomic E-state index is -0.191. The van der Waals surface area contributed by atoms with Gasteiger partial charge >= 0.3 is 0 Å². The van der Waals surface area contributed by atoms with Crippen LogP contribution in [0, 0.1) is 0 Å². The zero-order valence-electron chi connectivity index (χ0n) is 18.5. The van der Waals surface area contributed by atoms with E-state index in [0.717, 1.165) is 23.8 Å². The third-order valence-electron chi connectivity index (χ3n) is 6.07. The molecule has 1 aliphatic rings. The smallest absolute Gasteiger partial charge is 0.266 e. The number of ether oxygens (including phenoxy) is 1. The van der Waals surface area contributed by atoms with Gasteiger partial charge in [-0.2, -0.15) is 10.2 Å². The third kappa shape index (κ3) is 3.86. The van der Waals surface area contributed by atoms with Gasteiger partial charge in [0.1, 0.15) is 0 Å². The highest BCUT2D eigenvalue weighted by Gasteiger charge is 2.30. The van der Waals surface area contributed by atoms with E-state index in [1.54, 1.807) is 49.4 Å². The molecule has 0 radical (unpaired) electrons. The van der Waals surface area contributed by atoms with E-state index in [2.05, 4.69) is 15.2 Å². The number of fused-ring (bicyclic) bond motifs is 1. The second-order valence-electron chi connectivity index (χ2n) is 8.14. The summed E-state index contributed by atoms with van der Waals surface area (Å²) in [5, 5.41) is 9.84. The fraction of sp³-hybridized carbons (Fsp3) is 0.292. The van der Waals surface area contributed by atoms with E-state index in [0.29, 0.717) is 35.7 Å². The number of carbonyl (C=O) groups is 1. The first kappa shape index (κ1) is 20.9. The lowest BCUT2D eigenvalue weighted by molar-refractivity contribution is 0.0720. The highest BCUT2D eigenvalue weighted by molar-refractivity contribution is 5.99. The molecular weight excluding hydrogens is 420 g/mol.